The SMILES string of the molecule is CCCCC(CCC)(C(=O)O)c1ccccc1OC(C)=O. The minimum atomic E-state index is -0.989. The molecule has 1 N–H and O–H groups in total. The van der Waals surface area contributed by atoms with E-state index in [1.165, 1.54) is 6.92 Å². The summed E-state index contributed by atoms with van der Waals surface area (Å²) >= 11 is 0. The number of esters is 1. The fourth-order valence-corrected chi connectivity index (χ4v) is 2.73. The third-order valence-electron chi connectivity index (χ3n) is 3.70. The molecular weight excluding hydrogens is 268 g/mol. The molecule has 0 spiro atoms. The van der Waals surface area contributed by atoms with E-state index in [1.807, 2.05) is 13.8 Å². The average molecular weight is 292 g/mol. The Hall–Kier alpha value is -1.84. The van der Waals surface area contributed by atoms with Gasteiger partial charge in [-0.15, -0.1) is 0 Å². The van der Waals surface area contributed by atoms with Crippen molar-refractivity contribution < 1.29 is 19.4 Å². The van der Waals surface area contributed by atoms with E-state index in [4.69, 9.17) is 4.74 Å². The van der Waals surface area contributed by atoms with Gasteiger partial charge >= 0.3 is 11.9 Å². The monoisotopic (exact) mass is 292 g/mol. The molecule has 1 unspecified atom stereocenters. The third-order valence-corrected chi connectivity index (χ3v) is 3.70. The summed E-state index contributed by atoms with van der Waals surface area (Å²) in [5, 5.41) is 9.85. The van der Waals surface area contributed by atoms with Crippen molar-refractivity contribution in [1.82, 2.24) is 0 Å². The van der Waals surface area contributed by atoms with Crippen molar-refractivity contribution in [2.24, 2.45) is 0 Å². The first-order valence-corrected chi connectivity index (χ1v) is 7.49. The number of ether oxygens (including phenoxy) is 1. The number of para-hydroxylation sites is 1. The number of hydrogen-bond donors (Lipinski definition) is 1. The number of unbranched alkanes of at least 4 members (excludes halogenated alkanes) is 1. The Morgan fingerprint density at radius 3 is 2.33 bits per heavy atom. The zero-order valence-electron chi connectivity index (χ0n) is 13.0. The Balaban J connectivity index is 3.36. The van der Waals surface area contributed by atoms with Gasteiger partial charge in [-0.1, -0.05) is 51.3 Å². The molecule has 0 saturated heterocycles. The number of aliphatic carboxylic acids is 1. The minimum Gasteiger partial charge on any atom is -0.481 e. The molecule has 0 amide bonds. The van der Waals surface area contributed by atoms with Gasteiger partial charge in [-0.3, -0.25) is 9.59 Å². The van der Waals surface area contributed by atoms with Crippen LogP contribution in [-0.4, -0.2) is 17.0 Å². The van der Waals surface area contributed by atoms with E-state index < -0.39 is 17.4 Å². The Bertz CT molecular complexity index is 495. The highest BCUT2D eigenvalue weighted by atomic mass is 16.5. The van der Waals surface area contributed by atoms with Crippen LogP contribution in [0.25, 0.3) is 0 Å². The lowest BCUT2D eigenvalue weighted by Crippen LogP contribution is -2.36. The highest BCUT2D eigenvalue weighted by Crippen LogP contribution is 2.40. The topological polar surface area (TPSA) is 63.6 Å². The Morgan fingerprint density at radius 2 is 1.81 bits per heavy atom. The van der Waals surface area contributed by atoms with Crippen LogP contribution in [0.1, 0.15) is 58.4 Å². The van der Waals surface area contributed by atoms with Gasteiger partial charge in [0.2, 0.25) is 0 Å². The number of hydrogen-bond acceptors (Lipinski definition) is 3. The predicted octanol–water partition coefficient (Wildman–Crippen LogP) is 3.92. The van der Waals surface area contributed by atoms with Crippen molar-refractivity contribution in [2.45, 2.75) is 58.3 Å². The van der Waals surface area contributed by atoms with Gasteiger partial charge in [0.1, 0.15) is 5.75 Å². The van der Waals surface area contributed by atoms with Crippen molar-refractivity contribution >= 4 is 11.9 Å². The maximum atomic E-state index is 12.0. The van der Waals surface area contributed by atoms with Gasteiger partial charge in [-0.2, -0.15) is 0 Å². The van der Waals surface area contributed by atoms with E-state index in [0.717, 1.165) is 19.3 Å². The van der Waals surface area contributed by atoms with Crippen LogP contribution in [0, 0.1) is 0 Å². The largest absolute Gasteiger partial charge is 0.481 e. The van der Waals surface area contributed by atoms with Crippen molar-refractivity contribution in [3.8, 4) is 5.75 Å². The lowest BCUT2D eigenvalue weighted by molar-refractivity contribution is -0.145. The average Bonchev–Trinajstić information content (AvgIpc) is 2.43. The van der Waals surface area contributed by atoms with Crippen LogP contribution in [0.3, 0.4) is 0 Å². The molecule has 1 rings (SSSR count). The van der Waals surface area contributed by atoms with E-state index in [1.54, 1.807) is 24.3 Å². The molecule has 21 heavy (non-hydrogen) atoms. The molecular formula is C17H24O4. The van der Waals surface area contributed by atoms with Crippen molar-refractivity contribution in [1.29, 1.82) is 0 Å². The molecule has 1 aromatic carbocycles. The predicted molar refractivity (Wildman–Crippen MR) is 81.5 cm³/mol. The fourth-order valence-electron chi connectivity index (χ4n) is 2.73. The first kappa shape index (κ1) is 17.2. The molecule has 116 valence electrons. The number of carboxylic acids is 1. The molecule has 4 nitrogen and oxygen atoms in total. The van der Waals surface area contributed by atoms with Crippen LogP contribution < -0.4 is 4.74 Å². The lowest BCUT2D eigenvalue weighted by Gasteiger charge is -2.31. The zero-order chi connectivity index (χ0) is 15.9. The van der Waals surface area contributed by atoms with Gasteiger partial charge in [0.15, 0.2) is 0 Å². The molecule has 0 aliphatic heterocycles. The summed E-state index contributed by atoms with van der Waals surface area (Å²) in [5.74, 6) is -0.928. The zero-order valence-corrected chi connectivity index (χ0v) is 13.0. The number of carboxylic acid groups (broad SMARTS) is 1. The molecule has 0 aliphatic rings. The van der Waals surface area contributed by atoms with Crippen LogP contribution in [0.5, 0.6) is 5.75 Å². The summed E-state index contributed by atoms with van der Waals surface area (Å²) in [6, 6.07) is 6.97. The quantitative estimate of drug-likeness (QED) is 0.582. The van der Waals surface area contributed by atoms with E-state index in [0.29, 0.717) is 24.2 Å². The molecule has 0 fully saturated rings. The van der Waals surface area contributed by atoms with Crippen LogP contribution >= 0.6 is 0 Å². The summed E-state index contributed by atoms with van der Waals surface area (Å²) < 4.78 is 5.23. The van der Waals surface area contributed by atoms with E-state index in [-0.39, 0.29) is 0 Å². The van der Waals surface area contributed by atoms with E-state index in [9.17, 15) is 14.7 Å². The standard InChI is InChI=1S/C17H24O4/c1-4-6-12-17(11-5-2,16(19)20)14-9-7-8-10-15(14)21-13(3)18/h7-10H,4-6,11-12H2,1-3H3,(H,19,20). The highest BCUT2D eigenvalue weighted by Gasteiger charge is 2.41. The molecule has 4 heteroatoms. The molecule has 0 heterocycles. The Kier molecular flexibility index (Phi) is 6.40. The smallest absolute Gasteiger partial charge is 0.314 e. The van der Waals surface area contributed by atoms with Gasteiger partial charge in [0.25, 0.3) is 0 Å². The van der Waals surface area contributed by atoms with Crippen LogP contribution in [0.2, 0.25) is 0 Å². The van der Waals surface area contributed by atoms with Gasteiger partial charge in [-0.25, -0.2) is 0 Å². The summed E-state index contributed by atoms with van der Waals surface area (Å²) in [7, 11) is 0. The van der Waals surface area contributed by atoms with Gasteiger partial charge in [-0.05, 0) is 18.9 Å². The molecule has 0 saturated carbocycles. The summed E-state index contributed by atoms with van der Waals surface area (Å²) in [6.07, 6.45) is 3.57. The number of carbonyl (C=O) groups excluding carboxylic acids is 1. The highest BCUT2D eigenvalue weighted by molar-refractivity contribution is 5.83. The van der Waals surface area contributed by atoms with E-state index >= 15 is 0 Å². The second kappa shape index (κ2) is 7.81. The number of rotatable bonds is 8. The normalized spacial score (nSPS) is 13.5. The first-order chi connectivity index (χ1) is 9.97. The number of benzene rings is 1. The van der Waals surface area contributed by atoms with Crippen LogP contribution in [-0.2, 0) is 15.0 Å². The molecule has 0 aliphatic carbocycles. The molecule has 1 atom stereocenters. The van der Waals surface area contributed by atoms with Crippen LogP contribution in [0.4, 0.5) is 0 Å². The van der Waals surface area contributed by atoms with Gasteiger partial charge in [0.05, 0.1) is 5.41 Å². The summed E-state index contributed by atoms with van der Waals surface area (Å²) in [5.41, 5.74) is -0.389. The van der Waals surface area contributed by atoms with Gasteiger partial charge in [0, 0.05) is 12.5 Å². The van der Waals surface area contributed by atoms with Crippen molar-refractivity contribution in [3.05, 3.63) is 29.8 Å². The molecule has 0 radical (unpaired) electrons. The van der Waals surface area contributed by atoms with Gasteiger partial charge < -0.3 is 9.84 Å². The maximum Gasteiger partial charge on any atom is 0.314 e. The lowest BCUT2D eigenvalue weighted by atomic mass is 9.72. The fraction of sp³-hybridized carbons (Fsp3) is 0.529. The number of carbonyl (C=O) groups is 2. The summed E-state index contributed by atoms with van der Waals surface area (Å²) in [6.45, 7) is 5.33. The van der Waals surface area contributed by atoms with E-state index in [2.05, 4.69) is 0 Å². The van der Waals surface area contributed by atoms with Crippen LogP contribution in [0.15, 0.2) is 24.3 Å². The third kappa shape index (κ3) is 4.06. The first-order valence-electron chi connectivity index (χ1n) is 7.49. The second-order valence-corrected chi connectivity index (χ2v) is 5.33. The summed E-state index contributed by atoms with van der Waals surface area (Å²) in [4.78, 5) is 23.3. The van der Waals surface area contributed by atoms with Crippen molar-refractivity contribution in [2.75, 3.05) is 0 Å². The maximum absolute atomic E-state index is 12.0. The Morgan fingerprint density at radius 1 is 1.14 bits per heavy atom. The molecule has 1 aromatic rings. The minimum absolute atomic E-state index is 0.358. The van der Waals surface area contributed by atoms with Crippen molar-refractivity contribution in [3.63, 3.8) is 0 Å². The molecule has 0 aromatic heterocycles. The second-order valence-electron chi connectivity index (χ2n) is 5.33. The molecule has 0 bridgehead atoms. The Labute approximate surface area is 126 Å².